The van der Waals surface area contributed by atoms with Crippen molar-refractivity contribution < 1.29 is 18.7 Å². The molecule has 4 aromatic rings. The molecule has 0 saturated carbocycles. The molecule has 2 aromatic heterocycles. The lowest BCUT2D eigenvalue weighted by molar-refractivity contribution is -0.116. The Bertz CT molecular complexity index is 1490. The van der Waals surface area contributed by atoms with E-state index in [1.165, 1.54) is 67.9 Å². The minimum absolute atomic E-state index is 0.0273. The number of nitrogens with one attached hydrogen (secondary N) is 1. The van der Waals surface area contributed by atoms with Gasteiger partial charge < -0.3 is 10.1 Å². The summed E-state index contributed by atoms with van der Waals surface area (Å²) in [5.74, 6) is -1.47. The molecule has 0 aliphatic rings. The van der Waals surface area contributed by atoms with Crippen molar-refractivity contribution in [3.05, 3.63) is 105 Å². The van der Waals surface area contributed by atoms with Crippen molar-refractivity contribution in [1.29, 1.82) is 0 Å². The second kappa shape index (κ2) is 9.49. The van der Waals surface area contributed by atoms with Gasteiger partial charge in [-0.05, 0) is 54.1 Å². The zero-order valence-corrected chi connectivity index (χ0v) is 18.0. The van der Waals surface area contributed by atoms with E-state index < -0.39 is 28.9 Å². The lowest BCUT2D eigenvalue weighted by Gasteiger charge is -2.14. The number of nitrogens with zero attached hydrogens (tertiary/aromatic N) is 3. The monoisotopic (exact) mass is 462 g/mol. The Morgan fingerprint density at radius 2 is 1.71 bits per heavy atom. The highest BCUT2D eigenvalue weighted by molar-refractivity contribution is 5.93. The summed E-state index contributed by atoms with van der Waals surface area (Å²) in [5.41, 5.74) is 0.196. The summed E-state index contributed by atoms with van der Waals surface area (Å²) in [6, 6.07) is 14.6. The summed E-state index contributed by atoms with van der Waals surface area (Å²) in [7, 11) is 1.27. The number of hydrogen-bond acceptors (Lipinski definition) is 6. The molecule has 1 N–H and O–H groups in total. The predicted octanol–water partition coefficient (Wildman–Crippen LogP) is 2.17. The second-order valence-electron chi connectivity index (χ2n) is 7.37. The van der Waals surface area contributed by atoms with Gasteiger partial charge in [-0.25, -0.2) is 19.0 Å². The number of pyridine rings is 1. The van der Waals surface area contributed by atoms with Crippen molar-refractivity contribution in [2.45, 2.75) is 13.1 Å². The fourth-order valence-electron chi connectivity index (χ4n) is 3.46. The molecule has 0 fully saturated rings. The van der Waals surface area contributed by atoms with Gasteiger partial charge in [-0.3, -0.25) is 18.7 Å². The van der Waals surface area contributed by atoms with Crippen LogP contribution in [-0.2, 0) is 22.6 Å². The highest BCUT2D eigenvalue weighted by Gasteiger charge is 2.17. The number of amides is 1. The van der Waals surface area contributed by atoms with Gasteiger partial charge in [-0.1, -0.05) is 12.1 Å². The summed E-state index contributed by atoms with van der Waals surface area (Å²) in [6.45, 7) is -0.495. The summed E-state index contributed by atoms with van der Waals surface area (Å²) in [6.07, 6.45) is 1.42. The Morgan fingerprint density at radius 3 is 2.38 bits per heavy atom. The molecule has 0 spiro atoms. The van der Waals surface area contributed by atoms with Crippen LogP contribution in [0.4, 0.5) is 10.1 Å². The fraction of sp³-hybridized carbons (Fsp3) is 0.125. The maximum Gasteiger partial charge on any atom is 0.337 e. The highest BCUT2D eigenvalue weighted by atomic mass is 19.1. The second-order valence-corrected chi connectivity index (χ2v) is 7.37. The topological polar surface area (TPSA) is 112 Å². The third-order valence-electron chi connectivity index (χ3n) is 5.13. The molecule has 9 nitrogen and oxygen atoms in total. The molecule has 1 amide bonds. The molecule has 0 aliphatic carbocycles. The predicted molar refractivity (Wildman–Crippen MR) is 122 cm³/mol. The van der Waals surface area contributed by atoms with Gasteiger partial charge in [0.1, 0.15) is 12.4 Å². The molecule has 0 radical (unpaired) electrons. The number of carbonyl (C=O) groups is 2. The van der Waals surface area contributed by atoms with E-state index in [1.807, 2.05) is 0 Å². The molecule has 0 unspecified atom stereocenters. The first kappa shape index (κ1) is 22.6. The zero-order valence-electron chi connectivity index (χ0n) is 18.0. The minimum atomic E-state index is -0.703. The van der Waals surface area contributed by atoms with Crippen molar-refractivity contribution in [2.75, 3.05) is 12.4 Å². The van der Waals surface area contributed by atoms with Crippen molar-refractivity contribution in [3.8, 4) is 0 Å². The normalized spacial score (nSPS) is 10.8. The number of methoxy groups -OCH3 is 1. The molecular formula is C24H19FN4O5. The van der Waals surface area contributed by atoms with Crippen molar-refractivity contribution in [2.24, 2.45) is 0 Å². The Morgan fingerprint density at radius 1 is 1.00 bits per heavy atom. The number of carbonyl (C=O) groups excluding carboxylic acids is 2. The average Bonchev–Trinajstić information content (AvgIpc) is 2.85. The van der Waals surface area contributed by atoms with Crippen LogP contribution in [0, 0.1) is 5.82 Å². The molecule has 4 rings (SSSR count). The Labute approximate surface area is 192 Å². The summed E-state index contributed by atoms with van der Waals surface area (Å²) >= 11 is 0. The first-order chi connectivity index (χ1) is 16.4. The lowest BCUT2D eigenvalue weighted by atomic mass is 10.2. The van der Waals surface area contributed by atoms with E-state index in [1.54, 1.807) is 6.07 Å². The molecule has 0 bridgehead atoms. The van der Waals surface area contributed by atoms with Gasteiger partial charge in [0.2, 0.25) is 5.91 Å². The van der Waals surface area contributed by atoms with E-state index in [-0.39, 0.29) is 24.1 Å². The molecule has 172 valence electrons. The Hall–Kier alpha value is -4.60. The number of rotatable bonds is 6. The number of halogens is 1. The van der Waals surface area contributed by atoms with Gasteiger partial charge in [0.25, 0.3) is 5.56 Å². The number of ether oxygens (including phenoxy) is 1. The maximum atomic E-state index is 13.2. The summed E-state index contributed by atoms with van der Waals surface area (Å²) < 4.78 is 20.0. The quantitative estimate of drug-likeness (QED) is 0.440. The number of aromatic nitrogens is 3. The summed E-state index contributed by atoms with van der Waals surface area (Å²) in [5, 5.41) is 2.66. The van der Waals surface area contributed by atoms with Crippen LogP contribution in [0.2, 0.25) is 0 Å². The maximum absolute atomic E-state index is 13.2. The standard InChI is InChI=1S/C24H19FN4O5/c1-34-23(32)16-6-10-18(11-7-16)27-20(30)14-28-19-3-2-12-26-21(19)22(31)29(24(28)33)13-15-4-8-17(25)9-5-15/h2-12H,13-14H2,1H3,(H,27,30). The average molecular weight is 462 g/mol. The van der Waals surface area contributed by atoms with E-state index in [0.717, 1.165) is 9.13 Å². The fourth-order valence-corrected chi connectivity index (χ4v) is 3.46. The van der Waals surface area contributed by atoms with Gasteiger partial charge in [0.05, 0.1) is 24.7 Å². The van der Waals surface area contributed by atoms with Crippen molar-refractivity contribution >= 4 is 28.6 Å². The molecule has 0 atom stereocenters. The first-order valence-corrected chi connectivity index (χ1v) is 10.2. The molecule has 2 heterocycles. The number of fused-ring (bicyclic) bond motifs is 1. The third kappa shape index (κ3) is 4.60. The van der Waals surface area contributed by atoms with Crippen LogP contribution in [0.1, 0.15) is 15.9 Å². The van der Waals surface area contributed by atoms with Gasteiger partial charge in [0.15, 0.2) is 5.52 Å². The number of benzene rings is 2. The van der Waals surface area contributed by atoms with Gasteiger partial charge in [-0.15, -0.1) is 0 Å². The molecule has 34 heavy (non-hydrogen) atoms. The molecule has 2 aromatic carbocycles. The van der Waals surface area contributed by atoms with Crippen molar-refractivity contribution in [3.63, 3.8) is 0 Å². The zero-order chi connectivity index (χ0) is 24.2. The Kier molecular flexibility index (Phi) is 6.30. The highest BCUT2D eigenvalue weighted by Crippen LogP contribution is 2.12. The number of esters is 1. The SMILES string of the molecule is COC(=O)c1ccc(NC(=O)Cn2c(=O)n(Cc3ccc(F)cc3)c(=O)c3ncccc32)cc1. The smallest absolute Gasteiger partial charge is 0.337 e. The Balaban J connectivity index is 1.67. The van der Waals surface area contributed by atoms with Crippen molar-refractivity contribution in [1.82, 2.24) is 14.1 Å². The number of anilines is 1. The molecule has 10 heteroatoms. The van der Waals surface area contributed by atoms with Crippen LogP contribution < -0.4 is 16.6 Å². The van der Waals surface area contributed by atoms with Crippen LogP contribution in [0.5, 0.6) is 0 Å². The van der Waals surface area contributed by atoms with Crippen LogP contribution in [0.3, 0.4) is 0 Å². The van der Waals surface area contributed by atoms with Crippen LogP contribution in [-0.4, -0.2) is 33.1 Å². The molecular weight excluding hydrogens is 443 g/mol. The van der Waals surface area contributed by atoms with E-state index in [0.29, 0.717) is 16.8 Å². The van der Waals surface area contributed by atoms with E-state index in [4.69, 9.17) is 0 Å². The largest absolute Gasteiger partial charge is 0.465 e. The summed E-state index contributed by atoms with van der Waals surface area (Å²) in [4.78, 5) is 54.5. The van der Waals surface area contributed by atoms with Gasteiger partial charge >= 0.3 is 11.7 Å². The van der Waals surface area contributed by atoms with E-state index in [9.17, 15) is 23.6 Å². The first-order valence-electron chi connectivity index (χ1n) is 10.2. The van der Waals surface area contributed by atoms with E-state index >= 15 is 0 Å². The minimum Gasteiger partial charge on any atom is -0.465 e. The lowest BCUT2D eigenvalue weighted by Crippen LogP contribution is -2.42. The van der Waals surface area contributed by atoms with Crippen LogP contribution in [0.15, 0.2) is 76.4 Å². The third-order valence-corrected chi connectivity index (χ3v) is 5.13. The number of hydrogen-bond donors (Lipinski definition) is 1. The van der Waals surface area contributed by atoms with Crippen LogP contribution in [0.25, 0.3) is 11.0 Å². The van der Waals surface area contributed by atoms with Gasteiger partial charge in [0, 0.05) is 11.9 Å². The van der Waals surface area contributed by atoms with Crippen LogP contribution >= 0.6 is 0 Å². The van der Waals surface area contributed by atoms with E-state index in [2.05, 4.69) is 15.0 Å². The molecule has 0 aliphatic heterocycles. The molecule has 0 saturated heterocycles. The van der Waals surface area contributed by atoms with Gasteiger partial charge in [-0.2, -0.15) is 0 Å².